The normalized spacial score (nSPS) is 55.2. The van der Waals surface area contributed by atoms with Gasteiger partial charge in [0.1, 0.15) is 47.8 Å². The quantitative estimate of drug-likeness (QED) is 0.218. The van der Waals surface area contributed by atoms with Crippen LogP contribution in [0.3, 0.4) is 0 Å². The van der Waals surface area contributed by atoms with Gasteiger partial charge >= 0.3 is 0 Å². The summed E-state index contributed by atoms with van der Waals surface area (Å²) >= 11 is 0. The minimum absolute atomic E-state index is 0.707. The summed E-state index contributed by atoms with van der Waals surface area (Å²) in [6, 6.07) is 0. The molecule has 11 atom stereocenters. The lowest BCUT2D eigenvalue weighted by molar-refractivity contribution is -0.353. The molecule has 0 aromatic carbocycles. The number of aliphatic hydroxyl groups excluding tert-OH is 7. The Kier molecular flexibility index (Phi) is 5.53. The van der Waals surface area contributed by atoms with Crippen molar-refractivity contribution in [2.75, 3.05) is 13.2 Å². The molecule has 2 aliphatic heterocycles. The molecular formula is C15H24O12. The molecule has 2 heterocycles. The van der Waals surface area contributed by atoms with Crippen LogP contribution < -0.4 is 0 Å². The third-order valence-corrected chi connectivity index (χ3v) is 5.51. The fourth-order valence-corrected chi connectivity index (χ4v) is 3.87. The Bertz CT molecular complexity index is 571. The van der Waals surface area contributed by atoms with Crippen molar-refractivity contribution in [1.82, 2.24) is 0 Å². The van der Waals surface area contributed by atoms with Gasteiger partial charge in [0.15, 0.2) is 6.29 Å². The van der Waals surface area contributed by atoms with Gasteiger partial charge in [-0.3, -0.25) is 0 Å². The highest BCUT2D eigenvalue weighted by Gasteiger charge is 2.70. The highest BCUT2D eigenvalue weighted by Crippen LogP contribution is 2.49. The molecule has 0 bridgehead atoms. The molecule has 1 saturated heterocycles. The van der Waals surface area contributed by atoms with E-state index in [1.165, 1.54) is 0 Å². The van der Waals surface area contributed by atoms with Gasteiger partial charge in [0, 0.05) is 0 Å². The molecule has 12 nitrogen and oxygen atoms in total. The fourth-order valence-electron chi connectivity index (χ4n) is 3.87. The molecule has 1 aliphatic carbocycles. The van der Waals surface area contributed by atoms with E-state index in [9.17, 15) is 46.0 Å². The van der Waals surface area contributed by atoms with E-state index >= 15 is 0 Å². The Labute approximate surface area is 153 Å². The Morgan fingerprint density at radius 2 is 1.56 bits per heavy atom. The van der Waals surface area contributed by atoms with Gasteiger partial charge in [-0.05, 0) is 6.08 Å². The van der Waals surface area contributed by atoms with Crippen LogP contribution in [0.1, 0.15) is 0 Å². The fraction of sp³-hybridized carbons (Fsp3) is 0.867. The third kappa shape index (κ3) is 2.97. The minimum atomic E-state index is -2.43. The molecule has 12 heteroatoms. The summed E-state index contributed by atoms with van der Waals surface area (Å²) in [6.45, 7) is -1.77. The van der Waals surface area contributed by atoms with Gasteiger partial charge < -0.3 is 60.2 Å². The lowest BCUT2D eigenvalue weighted by Gasteiger charge is -2.45. The smallest absolute Gasteiger partial charge is 0.210 e. The van der Waals surface area contributed by atoms with Crippen molar-refractivity contribution in [1.29, 1.82) is 0 Å². The third-order valence-electron chi connectivity index (χ3n) is 5.51. The Hall–Kier alpha value is -0.900. The molecule has 0 spiro atoms. The SMILES string of the molecule is OC[C@H]1O[C@@H](O[C@@H]2OC=C[C@@]3(O)[C@H](O)[C@H](O)[C@](O)(CO)[C@@H]23)[C@H](O)[C@@H](O)[C@@H]1O. The van der Waals surface area contributed by atoms with Crippen LogP contribution in [0.2, 0.25) is 0 Å². The van der Waals surface area contributed by atoms with Crippen LogP contribution in [0.4, 0.5) is 0 Å². The predicted octanol–water partition coefficient (Wildman–Crippen LogP) is -5.52. The van der Waals surface area contributed by atoms with Crippen molar-refractivity contribution < 1.29 is 60.2 Å². The minimum Gasteiger partial charge on any atom is -0.472 e. The Balaban J connectivity index is 1.88. The number of fused-ring (bicyclic) bond motifs is 1. The summed E-state index contributed by atoms with van der Waals surface area (Å²) in [4.78, 5) is 0. The highest BCUT2D eigenvalue weighted by molar-refractivity contribution is 5.25. The van der Waals surface area contributed by atoms with Gasteiger partial charge in [0.2, 0.25) is 6.29 Å². The Morgan fingerprint density at radius 3 is 2.15 bits per heavy atom. The van der Waals surface area contributed by atoms with Gasteiger partial charge in [0.25, 0.3) is 0 Å². The second-order valence-electron chi connectivity index (χ2n) is 7.04. The van der Waals surface area contributed by atoms with Crippen LogP contribution in [0.15, 0.2) is 12.3 Å². The maximum Gasteiger partial charge on any atom is 0.210 e. The molecule has 0 amide bonds. The summed E-state index contributed by atoms with van der Waals surface area (Å²) in [5.74, 6) is -1.61. The summed E-state index contributed by atoms with van der Waals surface area (Å²) < 4.78 is 15.7. The Morgan fingerprint density at radius 1 is 0.889 bits per heavy atom. The zero-order valence-electron chi connectivity index (χ0n) is 14.0. The van der Waals surface area contributed by atoms with Crippen LogP contribution in [0.25, 0.3) is 0 Å². The molecule has 156 valence electrons. The summed E-state index contributed by atoms with van der Waals surface area (Å²) in [5.41, 5.74) is -4.67. The van der Waals surface area contributed by atoms with Crippen molar-refractivity contribution in [2.24, 2.45) is 5.92 Å². The van der Waals surface area contributed by atoms with Crippen LogP contribution in [0, 0.1) is 5.92 Å². The first kappa shape index (κ1) is 20.8. The molecule has 3 rings (SSSR count). The second-order valence-corrected chi connectivity index (χ2v) is 7.04. The summed E-state index contributed by atoms with van der Waals surface area (Å²) in [6.07, 6.45) is -11.7. The van der Waals surface area contributed by atoms with E-state index in [0.29, 0.717) is 0 Å². The number of rotatable bonds is 4. The molecule has 2 fully saturated rings. The molecule has 3 aliphatic rings. The van der Waals surface area contributed by atoms with Crippen molar-refractivity contribution in [3.05, 3.63) is 12.3 Å². The van der Waals surface area contributed by atoms with E-state index < -0.39 is 79.5 Å². The number of ether oxygens (including phenoxy) is 3. The van der Waals surface area contributed by atoms with Crippen molar-refractivity contribution in [3.8, 4) is 0 Å². The van der Waals surface area contributed by atoms with E-state index in [-0.39, 0.29) is 0 Å². The lowest BCUT2D eigenvalue weighted by Crippen LogP contribution is -2.62. The largest absolute Gasteiger partial charge is 0.472 e. The predicted molar refractivity (Wildman–Crippen MR) is 81.4 cm³/mol. The zero-order chi connectivity index (χ0) is 20.1. The van der Waals surface area contributed by atoms with Gasteiger partial charge in [-0.25, -0.2) is 0 Å². The van der Waals surface area contributed by atoms with Crippen LogP contribution in [-0.2, 0) is 14.2 Å². The first-order valence-electron chi connectivity index (χ1n) is 8.32. The first-order chi connectivity index (χ1) is 12.6. The second kappa shape index (κ2) is 7.17. The first-order valence-corrected chi connectivity index (χ1v) is 8.32. The molecule has 1 saturated carbocycles. The van der Waals surface area contributed by atoms with Gasteiger partial charge in [0.05, 0.1) is 25.4 Å². The molecule has 0 unspecified atom stereocenters. The summed E-state index contributed by atoms with van der Waals surface area (Å²) in [7, 11) is 0. The van der Waals surface area contributed by atoms with E-state index in [1.54, 1.807) is 0 Å². The molecule has 0 aromatic rings. The van der Waals surface area contributed by atoms with E-state index in [4.69, 9.17) is 14.2 Å². The van der Waals surface area contributed by atoms with Crippen molar-refractivity contribution in [3.63, 3.8) is 0 Å². The lowest BCUT2D eigenvalue weighted by atomic mass is 9.80. The van der Waals surface area contributed by atoms with Gasteiger partial charge in [-0.1, -0.05) is 0 Å². The molecule has 0 radical (unpaired) electrons. The van der Waals surface area contributed by atoms with E-state index in [1.807, 2.05) is 0 Å². The van der Waals surface area contributed by atoms with Gasteiger partial charge in [-0.15, -0.1) is 0 Å². The standard InChI is InChI=1S/C15H24O12/c16-3-5-6(18)7(19)8(20)12(26-5)27-13-9-14(23,1-2-25-13)10(21)11(22)15(9,24)4-17/h1-2,5-13,16-24H,3-4H2/t5-,6-,7+,8-,9+,10-,11+,12+,13+,14+,15+/m1/s1. The van der Waals surface area contributed by atoms with Crippen LogP contribution in [0.5, 0.6) is 0 Å². The topological polar surface area (TPSA) is 210 Å². The van der Waals surface area contributed by atoms with E-state index in [0.717, 1.165) is 12.3 Å². The van der Waals surface area contributed by atoms with Crippen LogP contribution in [-0.4, -0.2) is 120 Å². The average molecular weight is 396 g/mol. The summed E-state index contributed by atoms with van der Waals surface area (Å²) in [5, 5.41) is 90.0. The van der Waals surface area contributed by atoms with E-state index in [2.05, 4.69) is 0 Å². The van der Waals surface area contributed by atoms with Gasteiger partial charge in [-0.2, -0.15) is 0 Å². The molecular weight excluding hydrogens is 372 g/mol. The number of aliphatic hydroxyl groups is 9. The molecule has 9 N–H and O–H groups in total. The molecule has 27 heavy (non-hydrogen) atoms. The number of hydrogen-bond donors (Lipinski definition) is 9. The molecule has 0 aromatic heterocycles. The number of hydrogen-bond acceptors (Lipinski definition) is 12. The zero-order valence-corrected chi connectivity index (χ0v) is 14.0. The van der Waals surface area contributed by atoms with Crippen molar-refractivity contribution >= 4 is 0 Å². The van der Waals surface area contributed by atoms with Crippen LogP contribution >= 0.6 is 0 Å². The monoisotopic (exact) mass is 396 g/mol. The van der Waals surface area contributed by atoms with Crippen molar-refractivity contribution in [2.45, 2.75) is 60.4 Å². The maximum atomic E-state index is 10.7. The maximum absolute atomic E-state index is 10.7. The highest BCUT2D eigenvalue weighted by atomic mass is 16.8. The average Bonchev–Trinajstić information content (AvgIpc) is 2.81.